The largest absolute Gasteiger partial charge is 0.493 e. The summed E-state index contributed by atoms with van der Waals surface area (Å²) in [7, 11) is 1.73. The normalized spacial score (nSPS) is 10.2. The van der Waals surface area contributed by atoms with E-state index in [1.807, 2.05) is 25.1 Å². The fourth-order valence-electron chi connectivity index (χ4n) is 1.67. The molecule has 0 spiro atoms. The van der Waals surface area contributed by atoms with Gasteiger partial charge < -0.3 is 9.64 Å². The van der Waals surface area contributed by atoms with Gasteiger partial charge in [-0.3, -0.25) is 4.79 Å². The molecule has 1 rings (SSSR count). The topological polar surface area (TPSA) is 29.5 Å². The van der Waals surface area contributed by atoms with Crippen molar-refractivity contribution in [2.45, 2.75) is 26.7 Å². The van der Waals surface area contributed by atoms with Gasteiger partial charge in [0.25, 0.3) is 0 Å². The van der Waals surface area contributed by atoms with E-state index in [1.165, 1.54) is 0 Å². The van der Waals surface area contributed by atoms with Crippen LogP contribution in [0.2, 0.25) is 0 Å². The summed E-state index contributed by atoms with van der Waals surface area (Å²) in [4.78, 5) is 13.2. The van der Waals surface area contributed by atoms with Gasteiger partial charge in [0.05, 0.1) is 6.61 Å². The van der Waals surface area contributed by atoms with Crippen molar-refractivity contribution in [3.8, 4) is 5.75 Å². The molecule has 0 N–H and O–H groups in total. The Labute approximate surface area is 114 Å². The molecule has 0 heterocycles. The van der Waals surface area contributed by atoms with Gasteiger partial charge in [-0.05, 0) is 25.5 Å². The highest BCUT2D eigenvalue weighted by Gasteiger charge is 2.14. The van der Waals surface area contributed by atoms with Crippen molar-refractivity contribution >= 4 is 23.2 Å². The molecule has 0 aromatic heterocycles. The molecule has 0 atom stereocenters. The Morgan fingerprint density at radius 2 is 2.17 bits per heavy atom. The Kier molecular flexibility index (Phi) is 5.99. The summed E-state index contributed by atoms with van der Waals surface area (Å²) in [5.74, 6) is 0.692. The van der Waals surface area contributed by atoms with Crippen LogP contribution in [-0.4, -0.2) is 25.4 Å². The van der Waals surface area contributed by atoms with Crippen molar-refractivity contribution in [2.24, 2.45) is 0 Å². The fraction of sp³-hybridized carbons (Fsp3) is 0.500. The molecule has 0 aliphatic rings. The minimum absolute atomic E-state index is 0.0170. The van der Waals surface area contributed by atoms with Crippen molar-refractivity contribution in [3.63, 3.8) is 0 Å². The van der Waals surface area contributed by atoms with Crippen LogP contribution in [0.5, 0.6) is 5.75 Å². The van der Waals surface area contributed by atoms with Gasteiger partial charge in [-0.15, -0.1) is 11.6 Å². The second kappa shape index (κ2) is 7.27. The first kappa shape index (κ1) is 14.8. The van der Waals surface area contributed by atoms with Crippen molar-refractivity contribution in [3.05, 3.63) is 23.8 Å². The van der Waals surface area contributed by atoms with Gasteiger partial charge in [-0.1, -0.05) is 19.4 Å². The van der Waals surface area contributed by atoms with E-state index in [2.05, 4.69) is 6.92 Å². The van der Waals surface area contributed by atoms with Crippen molar-refractivity contribution in [1.82, 2.24) is 0 Å². The summed E-state index contributed by atoms with van der Waals surface area (Å²) in [6.45, 7) is 4.78. The molecule has 0 aliphatic carbocycles. The van der Waals surface area contributed by atoms with E-state index >= 15 is 0 Å². The first-order valence-electron chi connectivity index (χ1n) is 6.16. The van der Waals surface area contributed by atoms with E-state index in [0.29, 0.717) is 6.61 Å². The zero-order valence-electron chi connectivity index (χ0n) is 11.2. The minimum Gasteiger partial charge on any atom is -0.493 e. The van der Waals surface area contributed by atoms with Gasteiger partial charge in [-0.25, -0.2) is 0 Å². The monoisotopic (exact) mass is 269 g/mol. The number of alkyl halides is 1. The van der Waals surface area contributed by atoms with Crippen LogP contribution >= 0.6 is 11.6 Å². The third kappa shape index (κ3) is 3.64. The molecule has 0 unspecified atom stereocenters. The number of ether oxygens (including phenoxy) is 1. The molecule has 0 saturated carbocycles. The number of benzene rings is 1. The smallest absolute Gasteiger partial charge is 0.241 e. The Balaban J connectivity index is 2.87. The third-order valence-electron chi connectivity index (χ3n) is 2.86. The Hall–Kier alpha value is -1.22. The molecule has 0 aliphatic heterocycles. The number of carbonyl (C=O) groups is 1. The second-order valence-electron chi connectivity index (χ2n) is 4.19. The SMILES string of the molecule is CCCCOc1cccc(N(C)C(=O)CCl)c1C. The summed E-state index contributed by atoms with van der Waals surface area (Å²) >= 11 is 5.57. The molecule has 0 bridgehead atoms. The Morgan fingerprint density at radius 3 is 2.78 bits per heavy atom. The van der Waals surface area contributed by atoms with Crippen LogP contribution in [0.25, 0.3) is 0 Å². The quantitative estimate of drug-likeness (QED) is 0.585. The lowest BCUT2D eigenvalue weighted by molar-refractivity contribution is -0.116. The number of nitrogens with zero attached hydrogens (tertiary/aromatic N) is 1. The molecule has 0 saturated heterocycles. The third-order valence-corrected chi connectivity index (χ3v) is 3.09. The number of rotatable bonds is 6. The number of amides is 1. The van der Waals surface area contributed by atoms with Crippen LogP contribution in [0.4, 0.5) is 5.69 Å². The van der Waals surface area contributed by atoms with Gasteiger partial charge >= 0.3 is 0 Å². The zero-order chi connectivity index (χ0) is 13.5. The van der Waals surface area contributed by atoms with Gasteiger partial charge in [0.2, 0.25) is 5.91 Å². The van der Waals surface area contributed by atoms with E-state index in [-0.39, 0.29) is 11.8 Å². The van der Waals surface area contributed by atoms with Gasteiger partial charge in [0.1, 0.15) is 11.6 Å². The van der Waals surface area contributed by atoms with E-state index in [1.54, 1.807) is 11.9 Å². The Bertz CT molecular complexity index is 407. The van der Waals surface area contributed by atoms with Crippen LogP contribution in [0.15, 0.2) is 18.2 Å². The molecule has 18 heavy (non-hydrogen) atoms. The van der Waals surface area contributed by atoms with Gasteiger partial charge in [0, 0.05) is 18.3 Å². The number of anilines is 1. The van der Waals surface area contributed by atoms with E-state index in [4.69, 9.17) is 16.3 Å². The van der Waals surface area contributed by atoms with Crippen LogP contribution < -0.4 is 9.64 Å². The predicted octanol–water partition coefficient (Wildman–Crippen LogP) is 3.38. The van der Waals surface area contributed by atoms with Gasteiger partial charge in [-0.2, -0.15) is 0 Å². The summed E-state index contributed by atoms with van der Waals surface area (Å²) in [6, 6.07) is 5.71. The van der Waals surface area contributed by atoms with Crippen molar-refractivity contribution in [1.29, 1.82) is 0 Å². The highest BCUT2D eigenvalue weighted by Crippen LogP contribution is 2.28. The lowest BCUT2D eigenvalue weighted by Crippen LogP contribution is -2.27. The standard InChI is InChI=1S/C14H20ClNO2/c1-4-5-9-18-13-8-6-7-12(11(13)2)16(3)14(17)10-15/h6-8H,4-5,9-10H2,1-3H3. The molecule has 1 aromatic rings. The lowest BCUT2D eigenvalue weighted by atomic mass is 10.1. The summed E-state index contributed by atoms with van der Waals surface area (Å²) < 4.78 is 5.71. The highest BCUT2D eigenvalue weighted by molar-refractivity contribution is 6.29. The minimum atomic E-state index is -0.120. The lowest BCUT2D eigenvalue weighted by Gasteiger charge is -2.20. The van der Waals surface area contributed by atoms with Crippen LogP contribution in [0, 0.1) is 6.92 Å². The van der Waals surface area contributed by atoms with E-state index < -0.39 is 0 Å². The molecule has 100 valence electrons. The maximum Gasteiger partial charge on any atom is 0.241 e. The second-order valence-corrected chi connectivity index (χ2v) is 4.46. The number of carbonyl (C=O) groups excluding carboxylic acids is 1. The average Bonchev–Trinajstić information content (AvgIpc) is 2.39. The van der Waals surface area contributed by atoms with E-state index in [9.17, 15) is 4.79 Å². The first-order valence-corrected chi connectivity index (χ1v) is 6.70. The number of hydrogen-bond acceptors (Lipinski definition) is 2. The van der Waals surface area contributed by atoms with Crippen LogP contribution in [0.3, 0.4) is 0 Å². The van der Waals surface area contributed by atoms with Crippen molar-refractivity contribution < 1.29 is 9.53 Å². The molecule has 1 aromatic carbocycles. The first-order chi connectivity index (χ1) is 8.61. The van der Waals surface area contributed by atoms with Crippen LogP contribution in [-0.2, 0) is 4.79 Å². The molecule has 0 radical (unpaired) electrons. The average molecular weight is 270 g/mol. The Morgan fingerprint density at radius 1 is 1.44 bits per heavy atom. The predicted molar refractivity (Wildman–Crippen MR) is 75.7 cm³/mol. The van der Waals surface area contributed by atoms with Crippen LogP contribution in [0.1, 0.15) is 25.3 Å². The molecule has 0 fully saturated rings. The molecule has 3 nitrogen and oxygen atoms in total. The maximum absolute atomic E-state index is 11.6. The number of halogens is 1. The maximum atomic E-state index is 11.6. The van der Waals surface area contributed by atoms with E-state index in [0.717, 1.165) is 29.8 Å². The molecule has 4 heteroatoms. The molecular weight excluding hydrogens is 250 g/mol. The van der Waals surface area contributed by atoms with Gasteiger partial charge in [0.15, 0.2) is 0 Å². The number of unbranched alkanes of at least 4 members (excludes halogenated alkanes) is 1. The zero-order valence-corrected chi connectivity index (χ0v) is 12.0. The molecular formula is C14H20ClNO2. The summed E-state index contributed by atoms with van der Waals surface area (Å²) in [6.07, 6.45) is 2.13. The molecule has 1 amide bonds. The summed E-state index contributed by atoms with van der Waals surface area (Å²) in [5, 5.41) is 0. The summed E-state index contributed by atoms with van der Waals surface area (Å²) in [5.41, 5.74) is 1.81. The fourth-order valence-corrected chi connectivity index (χ4v) is 1.85. The number of hydrogen-bond donors (Lipinski definition) is 0. The highest BCUT2D eigenvalue weighted by atomic mass is 35.5. The van der Waals surface area contributed by atoms with Crippen molar-refractivity contribution in [2.75, 3.05) is 24.4 Å².